The molecule has 3 aromatic rings. The Hall–Kier alpha value is -3.61. The fourth-order valence-corrected chi connectivity index (χ4v) is 3.16. The first-order valence-electron chi connectivity index (χ1n) is 9.42. The number of ether oxygens (including phenoxy) is 2. The Morgan fingerprint density at radius 3 is 2.62 bits per heavy atom. The molecule has 1 aromatic heterocycles. The molecule has 0 bridgehead atoms. The summed E-state index contributed by atoms with van der Waals surface area (Å²) >= 11 is 0. The minimum atomic E-state index is -0.327. The van der Waals surface area contributed by atoms with E-state index < -0.39 is 0 Å². The standard InChI is InChI=1S/C22H21N3O4/c1-15(17-7-9-19-20(13-17)29-12-11-28-19)23-21(26)14-25-22(27)10-8-18(24-25)16-5-3-2-4-6-16/h2-10,13,15H,11-12,14H2,1H3,(H,23,26). The molecule has 0 saturated heterocycles. The highest BCUT2D eigenvalue weighted by molar-refractivity contribution is 5.76. The van der Waals surface area contributed by atoms with Gasteiger partial charge in [0.25, 0.3) is 5.56 Å². The van der Waals surface area contributed by atoms with Crippen molar-refractivity contribution in [3.05, 3.63) is 76.6 Å². The molecule has 7 heteroatoms. The van der Waals surface area contributed by atoms with Gasteiger partial charge < -0.3 is 14.8 Å². The lowest BCUT2D eigenvalue weighted by atomic mass is 10.1. The van der Waals surface area contributed by atoms with E-state index in [0.717, 1.165) is 11.1 Å². The van der Waals surface area contributed by atoms with Gasteiger partial charge in [-0.3, -0.25) is 9.59 Å². The highest BCUT2D eigenvalue weighted by atomic mass is 16.6. The van der Waals surface area contributed by atoms with Gasteiger partial charge in [-0.05, 0) is 30.7 Å². The predicted molar refractivity (Wildman–Crippen MR) is 108 cm³/mol. The molecule has 0 aliphatic carbocycles. The summed E-state index contributed by atoms with van der Waals surface area (Å²) in [6, 6.07) is 17.9. The van der Waals surface area contributed by atoms with Crippen LogP contribution in [-0.4, -0.2) is 28.9 Å². The number of hydrogen-bond acceptors (Lipinski definition) is 5. The molecular weight excluding hydrogens is 370 g/mol. The number of hydrogen-bond donors (Lipinski definition) is 1. The summed E-state index contributed by atoms with van der Waals surface area (Å²) < 4.78 is 12.3. The van der Waals surface area contributed by atoms with Gasteiger partial charge in [0.15, 0.2) is 11.5 Å². The first-order chi connectivity index (χ1) is 14.1. The first-order valence-corrected chi connectivity index (χ1v) is 9.42. The summed E-state index contributed by atoms with van der Waals surface area (Å²) in [5, 5.41) is 7.23. The zero-order valence-corrected chi connectivity index (χ0v) is 16.0. The van der Waals surface area contributed by atoms with Crippen LogP contribution >= 0.6 is 0 Å². The molecule has 1 N–H and O–H groups in total. The monoisotopic (exact) mass is 391 g/mol. The average molecular weight is 391 g/mol. The van der Waals surface area contributed by atoms with Crippen LogP contribution in [0.3, 0.4) is 0 Å². The third-order valence-electron chi connectivity index (χ3n) is 4.67. The van der Waals surface area contributed by atoms with E-state index in [9.17, 15) is 9.59 Å². The number of benzene rings is 2. The lowest BCUT2D eigenvalue weighted by Gasteiger charge is -2.21. The number of rotatable bonds is 5. The van der Waals surface area contributed by atoms with Crippen molar-refractivity contribution >= 4 is 5.91 Å². The van der Waals surface area contributed by atoms with Gasteiger partial charge in [-0.15, -0.1) is 0 Å². The van der Waals surface area contributed by atoms with E-state index in [1.54, 1.807) is 6.07 Å². The van der Waals surface area contributed by atoms with Crippen LogP contribution < -0.4 is 20.3 Å². The summed E-state index contributed by atoms with van der Waals surface area (Å²) in [6.45, 7) is 2.75. The maximum Gasteiger partial charge on any atom is 0.267 e. The largest absolute Gasteiger partial charge is 0.486 e. The van der Waals surface area contributed by atoms with Crippen molar-refractivity contribution in [1.29, 1.82) is 0 Å². The van der Waals surface area contributed by atoms with Crippen molar-refractivity contribution in [3.8, 4) is 22.8 Å². The molecule has 0 spiro atoms. The van der Waals surface area contributed by atoms with Crippen molar-refractivity contribution in [2.24, 2.45) is 0 Å². The molecule has 4 rings (SSSR count). The van der Waals surface area contributed by atoms with E-state index in [-0.39, 0.29) is 24.1 Å². The molecule has 7 nitrogen and oxygen atoms in total. The lowest BCUT2D eigenvalue weighted by Crippen LogP contribution is -2.34. The van der Waals surface area contributed by atoms with Crippen molar-refractivity contribution < 1.29 is 14.3 Å². The van der Waals surface area contributed by atoms with Crippen LogP contribution in [0.15, 0.2) is 65.5 Å². The molecule has 1 amide bonds. The second-order valence-corrected chi connectivity index (χ2v) is 6.77. The van der Waals surface area contributed by atoms with Crippen LogP contribution in [0, 0.1) is 0 Å². The number of carbonyl (C=O) groups excluding carboxylic acids is 1. The van der Waals surface area contributed by atoms with Crippen LogP contribution in [0.2, 0.25) is 0 Å². The SMILES string of the molecule is CC(NC(=O)Cn1nc(-c2ccccc2)ccc1=O)c1ccc2c(c1)OCCO2. The molecular formula is C22H21N3O4. The summed E-state index contributed by atoms with van der Waals surface area (Å²) in [5.41, 5.74) is 2.08. The second kappa shape index (κ2) is 8.18. The van der Waals surface area contributed by atoms with E-state index >= 15 is 0 Å². The Morgan fingerprint density at radius 1 is 1.07 bits per heavy atom. The highest BCUT2D eigenvalue weighted by Gasteiger charge is 2.16. The van der Waals surface area contributed by atoms with E-state index in [4.69, 9.17) is 9.47 Å². The quantitative estimate of drug-likeness (QED) is 0.723. The number of nitrogens with one attached hydrogen (secondary N) is 1. The van der Waals surface area contributed by atoms with Crippen LogP contribution in [0.4, 0.5) is 0 Å². The fourth-order valence-electron chi connectivity index (χ4n) is 3.16. The maximum atomic E-state index is 12.5. The molecule has 0 fully saturated rings. The zero-order chi connectivity index (χ0) is 20.2. The topological polar surface area (TPSA) is 82.5 Å². The smallest absolute Gasteiger partial charge is 0.267 e. The third kappa shape index (κ3) is 4.29. The van der Waals surface area contributed by atoms with Crippen molar-refractivity contribution in [2.45, 2.75) is 19.5 Å². The zero-order valence-electron chi connectivity index (χ0n) is 16.0. The molecule has 1 unspecified atom stereocenters. The summed E-state index contributed by atoms with van der Waals surface area (Å²) in [6.07, 6.45) is 0. The minimum Gasteiger partial charge on any atom is -0.486 e. The number of nitrogens with zero attached hydrogens (tertiary/aromatic N) is 2. The van der Waals surface area contributed by atoms with Gasteiger partial charge in [0.2, 0.25) is 5.91 Å². The predicted octanol–water partition coefficient (Wildman–Crippen LogP) is 2.56. The normalized spacial score (nSPS) is 13.6. The number of carbonyl (C=O) groups is 1. The van der Waals surface area contributed by atoms with E-state index in [2.05, 4.69) is 10.4 Å². The third-order valence-corrected chi connectivity index (χ3v) is 4.67. The van der Waals surface area contributed by atoms with Crippen LogP contribution in [-0.2, 0) is 11.3 Å². The average Bonchev–Trinajstić information content (AvgIpc) is 2.75. The van der Waals surface area contributed by atoms with Gasteiger partial charge >= 0.3 is 0 Å². The summed E-state index contributed by atoms with van der Waals surface area (Å²) in [4.78, 5) is 24.7. The van der Waals surface area contributed by atoms with Crippen LogP contribution in [0.5, 0.6) is 11.5 Å². The molecule has 2 aromatic carbocycles. The molecule has 1 aliphatic rings. The molecule has 0 radical (unpaired) electrons. The summed E-state index contributed by atoms with van der Waals surface area (Å²) in [5.74, 6) is 1.07. The first kappa shape index (κ1) is 18.7. The molecule has 1 aliphatic heterocycles. The van der Waals surface area contributed by atoms with E-state index in [0.29, 0.717) is 30.4 Å². The highest BCUT2D eigenvalue weighted by Crippen LogP contribution is 2.32. The molecule has 1 atom stereocenters. The number of fused-ring (bicyclic) bond motifs is 1. The summed E-state index contributed by atoms with van der Waals surface area (Å²) in [7, 11) is 0. The van der Waals surface area contributed by atoms with Gasteiger partial charge in [0, 0.05) is 11.6 Å². The maximum absolute atomic E-state index is 12.5. The number of amides is 1. The molecule has 29 heavy (non-hydrogen) atoms. The van der Waals surface area contributed by atoms with Crippen LogP contribution in [0.25, 0.3) is 11.3 Å². The van der Waals surface area contributed by atoms with Crippen molar-refractivity contribution in [1.82, 2.24) is 15.1 Å². The fraction of sp³-hybridized carbons (Fsp3) is 0.227. The van der Waals surface area contributed by atoms with Gasteiger partial charge in [-0.25, -0.2) is 4.68 Å². The second-order valence-electron chi connectivity index (χ2n) is 6.77. The van der Waals surface area contributed by atoms with Crippen molar-refractivity contribution in [3.63, 3.8) is 0 Å². The van der Waals surface area contributed by atoms with E-state index in [1.807, 2.05) is 55.5 Å². The Labute approximate surface area is 167 Å². The Bertz CT molecular complexity index is 1080. The van der Waals surface area contributed by atoms with Gasteiger partial charge in [0.05, 0.1) is 11.7 Å². The minimum absolute atomic E-state index is 0.158. The van der Waals surface area contributed by atoms with E-state index in [1.165, 1.54) is 10.7 Å². The molecule has 0 saturated carbocycles. The molecule has 148 valence electrons. The number of aromatic nitrogens is 2. The Morgan fingerprint density at radius 2 is 1.83 bits per heavy atom. The Balaban J connectivity index is 1.46. The molecule has 2 heterocycles. The van der Waals surface area contributed by atoms with Gasteiger partial charge in [0.1, 0.15) is 19.8 Å². The van der Waals surface area contributed by atoms with Crippen molar-refractivity contribution in [2.75, 3.05) is 13.2 Å². The van der Waals surface area contributed by atoms with Gasteiger partial charge in [-0.1, -0.05) is 36.4 Å². The lowest BCUT2D eigenvalue weighted by molar-refractivity contribution is -0.122. The van der Waals surface area contributed by atoms with Gasteiger partial charge in [-0.2, -0.15) is 5.10 Å². The Kier molecular flexibility index (Phi) is 5.29. The van der Waals surface area contributed by atoms with Crippen LogP contribution in [0.1, 0.15) is 18.5 Å².